The summed E-state index contributed by atoms with van der Waals surface area (Å²) >= 11 is 0. The minimum absolute atomic E-state index is 0.948. The van der Waals surface area contributed by atoms with Crippen molar-refractivity contribution in [3.8, 4) is 0 Å². The molecule has 0 rings (SSSR count). The smallest absolute Gasteiger partial charge is 0.0781 e. The molecule has 0 amide bonds. The van der Waals surface area contributed by atoms with Crippen molar-refractivity contribution in [2.24, 2.45) is 0 Å². The van der Waals surface area contributed by atoms with E-state index < -0.39 is 0 Å². The Labute approximate surface area is 56.8 Å². The molecule has 9 heavy (non-hydrogen) atoms. The Hall–Kier alpha value is -0.500. The van der Waals surface area contributed by atoms with Gasteiger partial charge in [0.25, 0.3) is 0 Å². The van der Waals surface area contributed by atoms with E-state index in [1.165, 1.54) is 6.26 Å². The zero-order valence-electron chi connectivity index (χ0n) is 6.39. The number of aliphatic hydroxyl groups excluding tert-OH is 1. The fourth-order valence-corrected chi connectivity index (χ4v) is 0.465. The first-order valence-corrected chi connectivity index (χ1v) is 3.11. The van der Waals surface area contributed by atoms with E-state index in [-0.39, 0.29) is 0 Å². The van der Waals surface area contributed by atoms with Crippen molar-refractivity contribution >= 4 is 0 Å². The highest BCUT2D eigenvalue weighted by Crippen LogP contribution is 1.97. The molecule has 2 heteroatoms. The molecule has 0 aliphatic carbocycles. The predicted molar refractivity (Wildman–Crippen MR) is 39.6 cm³/mol. The third kappa shape index (κ3) is 5.37. The molecule has 0 saturated heterocycles. The van der Waals surface area contributed by atoms with Gasteiger partial charge in [0, 0.05) is 6.54 Å². The van der Waals surface area contributed by atoms with Crippen molar-refractivity contribution in [3.05, 3.63) is 11.8 Å². The summed E-state index contributed by atoms with van der Waals surface area (Å²) in [6.45, 7) is 2.92. The molecule has 0 atom stereocenters. The summed E-state index contributed by atoms with van der Waals surface area (Å²) in [6, 6.07) is 0. The van der Waals surface area contributed by atoms with E-state index in [1.54, 1.807) is 0 Å². The number of rotatable bonds is 3. The summed E-state index contributed by atoms with van der Waals surface area (Å²) in [5.74, 6) is 0. The van der Waals surface area contributed by atoms with Gasteiger partial charge in [-0.15, -0.1) is 0 Å². The summed E-state index contributed by atoms with van der Waals surface area (Å²) in [5.41, 5.74) is 1.03. The van der Waals surface area contributed by atoms with E-state index in [2.05, 4.69) is 4.90 Å². The minimum atomic E-state index is 0.948. The third-order valence-corrected chi connectivity index (χ3v) is 1.17. The van der Waals surface area contributed by atoms with Gasteiger partial charge in [-0.2, -0.15) is 0 Å². The van der Waals surface area contributed by atoms with Crippen molar-refractivity contribution in [2.45, 2.75) is 13.3 Å². The quantitative estimate of drug-likeness (QED) is 0.582. The molecule has 2 nitrogen and oxygen atoms in total. The van der Waals surface area contributed by atoms with Crippen LogP contribution in [0.2, 0.25) is 0 Å². The molecule has 0 radical (unpaired) electrons. The monoisotopic (exact) mass is 129 g/mol. The largest absolute Gasteiger partial charge is 0.516 e. The normalized spacial score (nSPS) is 12.7. The topological polar surface area (TPSA) is 23.5 Å². The highest BCUT2D eigenvalue weighted by molar-refractivity contribution is 4.91. The molecule has 0 aliphatic rings. The first-order chi connectivity index (χ1) is 4.16. The fraction of sp³-hybridized carbons (Fsp3) is 0.714. The molecule has 0 bridgehead atoms. The maximum Gasteiger partial charge on any atom is 0.0781 e. The number of hydrogen-bond acceptors (Lipinski definition) is 2. The number of aliphatic hydroxyl groups is 1. The van der Waals surface area contributed by atoms with E-state index in [4.69, 9.17) is 5.11 Å². The van der Waals surface area contributed by atoms with Gasteiger partial charge in [0.15, 0.2) is 0 Å². The van der Waals surface area contributed by atoms with Crippen LogP contribution in [0.25, 0.3) is 0 Å². The Bertz CT molecular complexity index is 97.1. The fourth-order valence-electron chi connectivity index (χ4n) is 0.465. The second-order valence-electron chi connectivity index (χ2n) is 2.53. The van der Waals surface area contributed by atoms with Crippen molar-refractivity contribution < 1.29 is 5.11 Å². The van der Waals surface area contributed by atoms with Crippen LogP contribution in [-0.2, 0) is 0 Å². The third-order valence-electron chi connectivity index (χ3n) is 1.17. The van der Waals surface area contributed by atoms with Crippen LogP contribution in [0.15, 0.2) is 11.8 Å². The van der Waals surface area contributed by atoms with E-state index >= 15 is 0 Å². The molecule has 0 aromatic rings. The molecule has 54 valence electrons. The van der Waals surface area contributed by atoms with Crippen LogP contribution in [0.5, 0.6) is 0 Å². The van der Waals surface area contributed by atoms with Crippen LogP contribution in [0.1, 0.15) is 13.3 Å². The molecule has 0 aliphatic heterocycles. The molecule has 1 N–H and O–H groups in total. The van der Waals surface area contributed by atoms with Gasteiger partial charge in [0.05, 0.1) is 6.26 Å². The lowest BCUT2D eigenvalue weighted by atomic mass is 10.2. The molecule has 0 aromatic heterocycles. The van der Waals surface area contributed by atoms with Crippen LogP contribution in [0.3, 0.4) is 0 Å². The molecule has 0 fully saturated rings. The summed E-state index contributed by atoms with van der Waals surface area (Å²) in [4.78, 5) is 2.09. The van der Waals surface area contributed by atoms with Crippen LogP contribution in [0.4, 0.5) is 0 Å². The zero-order valence-corrected chi connectivity index (χ0v) is 6.39. The second-order valence-corrected chi connectivity index (χ2v) is 2.53. The van der Waals surface area contributed by atoms with Crippen molar-refractivity contribution in [1.82, 2.24) is 4.90 Å². The average molecular weight is 129 g/mol. The van der Waals surface area contributed by atoms with Crippen LogP contribution in [0, 0.1) is 0 Å². The minimum Gasteiger partial charge on any atom is -0.516 e. The zero-order chi connectivity index (χ0) is 7.28. The van der Waals surface area contributed by atoms with Crippen LogP contribution >= 0.6 is 0 Å². The lowest BCUT2D eigenvalue weighted by Gasteiger charge is -2.07. The predicted octanol–water partition coefficient (Wildman–Crippen LogP) is 1.40. The van der Waals surface area contributed by atoms with Gasteiger partial charge < -0.3 is 10.0 Å². The lowest BCUT2D eigenvalue weighted by Crippen LogP contribution is -2.12. The Balaban J connectivity index is 3.28. The Morgan fingerprint density at radius 1 is 1.56 bits per heavy atom. The molecule has 0 aromatic carbocycles. The Morgan fingerprint density at radius 3 is 2.44 bits per heavy atom. The first-order valence-electron chi connectivity index (χ1n) is 3.11. The SMILES string of the molecule is CC(=CO)CCN(C)C. The maximum atomic E-state index is 8.47. The standard InChI is InChI=1S/C7H15NO/c1-7(6-9)4-5-8(2)3/h6,9H,4-5H2,1-3H3. The summed E-state index contributed by atoms with van der Waals surface area (Å²) in [7, 11) is 4.04. The second kappa shape index (κ2) is 4.39. The molecule has 0 saturated carbocycles. The summed E-state index contributed by atoms with van der Waals surface area (Å²) in [5, 5.41) is 8.47. The molecule has 0 heterocycles. The van der Waals surface area contributed by atoms with Crippen LogP contribution in [-0.4, -0.2) is 30.6 Å². The summed E-state index contributed by atoms with van der Waals surface area (Å²) < 4.78 is 0. The van der Waals surface area contributed by atoms with Crippen molar-refractivity contribution in [3.63, 3.8) is 0 Å². The highest BCUT2D eigenvalue weighted by atomic mass is 16.2. The van der Waals surface area contributed by atoms with Gasteiger partial charge in [0.2, 0.25) is 0 Å². The van der Waals surface area contributed by atoms with Gasteiger partial charge in [-0.3, -0.25) is 0 Å². The van der Waals surface area contributed by atoms with Gasteiger partial charge in [-0.05, 0) is 33.0 Å². The van der Waals surface area contributed by atoms with Gasteiger partial charge in [-0.25, -0.2) is 0 Å². The van der Waals surface area contributed by atoms with Gasteiger partial charge in [0.1, 0.15) is 0 Å². The Kier molecular flexibility index (Phi) is 4.14. The number of nitrogens with zero attached hydrogens (tertiary/aromatic N) is 1. The van der Waals surface area contributed by atoms with Crippen molar-refractivity contribution in [1.29, 1.82) is 0 Å². The van der Waals surface area contributed by atoms with Gasteiger partial charge >= 0.3 is 0 Å². The molecular formula is C7H15NO. The lowest BCUT2D eigenvalue weighted by molar-refractivity contribution is 0.406. The van der Waals surface area contributed by atoms with E-state index in [0.717, 1.165) is 18.5 Å². The highest BCUT2D eigenvalue weighted by Gasteiger charge is 1.90. The van der Waals surface area contributed by atoms with Gasteiger partial charge in [-0.1, -0.05) is 0 Å². The van der Waals surface area contributed by atoms with E-state index in [1.807, 2.05) is 21.0 Å². The van der Waals surface area contributed by atoms with Crippen LogP contribution < -0.4 is 0 Å². The average Bonchev–Trinajstić information content (AvgIpc) is 1.83. The van der Waals surface area contributed by atoms with E-state index in [0.29, 0.717) is 0 Å². The maximum absolute atomic E-state index is 8.47. The summed E-state index contributed by atoms with van der Waals surface area (Å²) in [6.07, 6.45) is 2.12. The molecular weight excluding hydrogens is 114 g/mol. The van der Waals surface area contributed by atoms with Crippen molar-refractivity contribution in [2.75, 3.05) is 20.6 Å². The Morgan fingerprint density at radius 2 is 2.11 bits per heavy atom. The number of hydrogen-bond donors (Lipinski definition) is 1. The van der Waals surface area contributed by atoms with E-state index in [9.17, 15) is 0 Å². The first kappa shape index (κ1) is 8.50. The molecule has 0 unspecified atom stereocenters. The molecule has 0 spiro atoms.